The summed E-state index contributed by atoms with van der Waals surface area (Å²) in [5.74, 6) is 0.112. The number of amides is 1. The summed E-state index contributed by atoms with van der Waals surface area (Å²) in [5.41, 5.74) is 0. The number of ether oxygens (including phenoxy) is 1. The summed E-state index contributed by atoms with van der Waals surface area (Å²) in [6.45, 7) is 3.77. The molecule has 18 heavy (non-hydrogen) atoms. The van der Waals surface area contributed by atoms with Gasteiger partial charge in [-0.15, -0.1) is 12.4 Å². The number of carbonyl (C=O) groups excluding carboxylic acids is 1. The summed E-state index contributed by atoms with van der Waals surface area (Å²) >= 11 is 0. The molecule has 0 spiro atoms. The number of halogens is 1. The molecule has 1 atom stereocenters. The average Bonchev–Trinajstić information content (AvgIpc) is 2.34. The number of nitrogens with one attached hydrogen (secondary N) is 2. The lowest BCUT2D eigenvalue weighted by Crippen LogP contribution is -2.47. The monoisotopic (exact) mass is 279 g/mol. The van der Waals surface area contributed by atoms with Gasteiger partial charge in [-0.3, -0.25) is 4.79 Å². The van der Waals surface area contributed by atoms with E-state index in [0.29, 0.717) is 19.8 Å². The van der Waals surface area contributed by atoms with Gasteiger partial charge in [0.15, 0.2) is 0 Å². The van der Waals surface area contributed by atoms with E-state index in [2.05, 4.69) is 15.5 Å². The highest BCUT2D eigenvalue weighted by atomic mass is 35.5. The second kappa shape index (κ2) is 10.6. The predicted molar refractivity (Wildman–Crippen MR) is 75.3 cm³/mol. The molecule has 5 nitrogen and oxygen atoms in total. The third kappa shape index (κ3) is 7.87. The molecular weight excluding hydrogens is 254 g/mol. The zero-order chi connectivity index (χ0) is 12.5. The van der Waals surface area contributed by atoms with Crippen molar-refractivity contribution in [1.82, 2.24) is 15.5 Å². The molecule has 0 aromatic carbocycles. The molecule has 2 N–H and O–H groups in total. The first-order valence-corrected chi connectivity index (χ1v) is 6.43. The van der Waals surface area contributed by atoms with Crippen molar-refractivity contribution in [3.8, 4) is 0 Å². The number of piperidine rings is 1. The van der Waals surface area contributed by atoms with Gasteiger partial charge in [-0.2, -0.15) is 0 Å². The average molecular weight is 280 g/mol. The summed E-state index contributed by atoms with van der Waals surface area (Å²) in [5, 5.41) is 6.13. The molecule has 0 aliphatic carbocycles. The van der Waals surface area contributed by atoms with Crippen LogP contribution in [-0.2, 0) is 9.53 Å². The maximum Gasteiger partial charge on any atom is 0.237 e. The molecule has 0 saturated carbocycles. The van der Waals surface area contributed by atoms with E-state index in [4.69, 9.17) is 4.74 Å². The van der Waals surface area contributed by atoms with Crippen molar-refractivity contribution in [2.75, 3.05) is 46.9 Å². The van der Waals surface area contributed by atoms with Gasteiger partial charge in [-0.1, -0.05) is 6.42 Å². The summed E-state index contributed by atoms with van der Waals surface area (Å²) in [4.78, 5) is 13.8. The highest BCUT2D eigenvalue weighted by Gasteiger charge is 2.19. The molecule has 1 heterocycles. The van der Waals surface area contributed by atoms with Crippen molar-refractivity contribution in [2.45, 2.75) is 25.3 Å². The summed E-state index contributed by atoms with van der Waals surface area (Å²) in [7, 11) is 4.03. The molecule has 6 heteroatoms. The van der Waals surface area contributed by atoms with E-state index in [9.17, 15) is 4.79 Å². The number of hydrogen-bond acceptors (Lipinski definition) is 4. The van der Waals surface area contributed by atoms with E-state index in [1.807, 2.05) is 14.1 Å². The van der Waals surface area contributed by atoms with E-state index >= 15 is 0 Å². The first-order chi connectivity index (χ1) is 8.20. The molecule has 1 aliphatic heterocycles. The van der Waals surface area contributed by atoms with E-state index in [0.717, 1.165) is 25.9 Å². The number of hydrogen-bond donors (Lipinski definition) is 2. The van der Waals surface area contributed by atoms with Gasteiger partial charge in [0.1, 0.15) is 0 Å². The number of nitrogens with zero attached hydrogens (tertiary/aromatic N) is 1. The van der Waals surface area contributed by atoms with Crippen LogP contribution in [0, 0.1) is 0 Å². The van der Waals surface area contributed by atoms with Gasteiger partial charge in [0.2, 0.25) is 5.91 Å². The number of likely N-dealkylation sites (N-methyl/N-ethyl adjacent to an activating group) is 1. The first kappa shape index (κ1) is 17.6. The van der Waals surface area contributed by atoms with Crippen LogP contribution in [0.25, 0.3) is 0 Å². The maximum atomic E-state index is 11.7. The normalized spacial score (nSPS) is 19.4. The molecule has 108 valence electrons. The standard InChI is InChI=1S/C12H25N3O2.ClH/c1-15(2)8-10-17-9-7-14-12(16)11-5-3-4-6-13-11;/h11,13H,3-10H2,1-2H3,(H,14,16);1H/t11-;/m0./s1. The minimum absolute atomic E-state index is 0. The van der Waals surface area contributed by atoms with Crippen LogP contribution in [0.3, 0.4) is 0 Å². The third-order valence-corrected chi connectivity index (χ3v) is 2.86. The zero-order valence-electron chi connectivity index (χ0n) is 11.4. The topological polar surface area (TPSA) is 53.6 Å². The van der Waals surface area contributed by atoms with Gasteiger partial charge in [0.25, 0.3) is 0 Å². The second-order valence-corrected chi connectivity index (χ2v) is 4.71. The van der Waals surface area contributed by atoms with Crippen LogP contribution in [0.4, 0.5) is 0 Å². The van der Waals surface area contributed by atoms with Crippen LogP contribution in [-0.4, -0.2) is 63.8 Å². The zero-order valence-corrected chi connectivity index (χ0v) is 12.2. The van der Waals surface area contributed by atoms with Crippen LogP contribution < -0.4 is 10.6 Å². The fourth-order valence-electron chi connectivity index (χ4n) is 1.79. The van der Waals surface area contributed by atoms with Crippen molar-refractivity contribution in [3.63, 3.8) is 0 Å². The van der Waals surface area contributed by atoms with Crippen LogP contribution in [0.5, 0.6) is 0 Å². The predicted octanol–water partition coefficient (Wildman–Crippen LogP) is 0.245. The first-order valence-electron chi connectivity index (χ1n) is 6.43. The van der Waals surface area contributed by atoms with Gasteiger partial charge in [0, 0.05) is 13.1 Å². The van der Waals surface area contributed by atoms with E-state index in [1.54, 1.807) is 0 Å². The van der Waals surface area contributed by atoms with Crippen molar-refractivity contribution in [3.05, 3.63) is 0 Å². The number of carbonyl (C=O) groups is 1. The number of rotatable bonds is 7. The van der Waals surface area contributed by atoms with Gasteiger partial charge < -0.3 is 20.3 Å². The highest BCUT2D eigenvalue weighted by Crippen LogP contribution is 2.06. The Kier molecular flexibility index (Phi) is 10.3. The van der Waals surface area contributed by atoms with E-state index < -0.39 is 0 Å². The molecule has 0 unspecified atom stereocenters. The van der Waals surface area contributed by atoms with Crippen molar-refractivity contribution in [1.29, 1.82) is 0 Å². The van der Waals surface area contributed by atoms with Crippen LogP contribution in [0.15, 0.2) is 0 Å². The Hall–Kier alpha value is -0.360. The smallest absolute Gasteiger partial charge is 0.237 e. The van der Waals surface area contributed by atoms with Gasteiger partial charge >= 0.3 is 0 Å². The molecule has 1 saturated heterocycles. The Morgan fingerprint density at radius 1 is 1.39 bits per heavy atom. The molecule has 1 amide bonds. The van der Waals surface area contributed by atoms with E-state index in [-0.39, 0.29) is 24.4 Å². The highest BCUT2D eigenvalue weighted by molar-refractivity contribution is 5.85. The Bertz CT molecular complexity index is 221. The lowest BCUT2D eigenvalue weighted by Gasteiger charge is -2.22. The quantitative estimate of drug-likeness (QED) is 0.656. The molecule has 0 bridgehead atoms. The summed E-state index contributed by atoms with van der Waals surface area (Å²) in [6.07, 6.45) is 3.27. The Balaban J connectivity index is 0.00000289. The molecule has 0 aromatic heterocycles. The van der Waals surface area contributed by atoms with Crippen molar-refractivity contribution >= 4 is 18.3 Å². The second-order valence-electron chi connectivity index (χ2n) is 4.71. The van der Waals surface area contributed by atoms with Gasteiger partial charge in [-0.25, -0.2) is 0 Å². The molecule has 1 fully saturated rings. The lowest BCUT2D eigenvalue weighted by molar-refractivity contribution is -0.123. The maximum absolute atomic E-state index is 11.7. The molecule has 0 aromatic rings. The minimum Gasteiger partial charge on any atom is -0.378 e. The molecule has 0 radical (unpaired) electrons. The Morgan fingerprint density at radius 3 is 2.78 bits per heavy atom. The Morgan fingerprint density at radius 2 is 2.17 bits per heavy atom. The van der Waals surface area contributed by atoms with Gasteiger partial charge in [0.05, 0.1) is 19.3 Å². The largest absolute Gasteiger partial charge is 0.378 e. The third-order valence-electron chi connectivity index (χ3n) is 2.86. The minimum atomic E-state index is 0. The fraction of sp³-hybridized carbons (Fsp3) is 0.917. The lowest BCUT2D eigenvalue weighted by atomic mass is 10.0. The molecule has 1 rings (SSSR count). The summed E-state index contributed by atoms with van der Waals surface area (Å²) < 4.78 is 5.41. The van der Waals surface area contributed by atoms with Crippen LogP contribution in [0.2, 0.25) is 0 Å². The SMILES string of the molecule is CN(C)CCOCCNC(=O)[C@@H]1CCCCN1.Cl. The van der Waals surface area contributed by atoms with Gasteiger partial charge in [-0.05, 0) is 33.5 Å². The Labute approximate surface area is 116 Å². The summed E-state index contributed by atoms with van der Waals surface area (Å²) in [6, 6.07) is 0.00512. The van der Waals surface area contributed by atoms with E-state index in [1.165, 1.54) is 6.42 Å². The van der Waals surface area contributed by atoms with Crippen molar-refractivity contribution < 1.29 is 9.53 Å². The molecular formula is C12H26ClN3O2. The molecule has 1 aliphatic rings. The fourth-order valence-corrected chi connectivity index (χ4v) is 1.79. The van der Waals surface area contributed by atoms with Crippen molar-refractivity contribution in [2.24, 2.45) is 0 Å². The van der Waals surface area contributed by atoms with Crippen LogP contribution >= 0.6 is 12.4 Å². The van der Waals surface area contributed by atoms with Crippen LogP contribution in [0.1, 0.15) is 19.3 Å².